The zero-order valence-electron chi connectivity index (χ0n) is 19.8. The molecule has 2 aromatic heterocycles. The Labute approximate surface area is 203 Å². The molecule has 5 rings (SSSR count). The SMILES string of the molecule is COc1ccc(-c2ccc3c(N4CCOC[C@@H]4C)nc(-c4cccc(CO)c4)nc3n2)cc1CO. The molecule has 0 radical (unpaired) electrons. The third kappa shape index (κ3) is 4.55. The third-order valence-electron chi connectivity index (χ3n) is 6.29. The van der Waals surface area contributed by atoms with Crippen molar-refractivity contribution in [2.45, 2.75) is 26.2 Å². The maximum atomic E-state index is 9.75. The zero-order valence-corrected chi connectivity index (χ0v) is 19.8. The third-order valence-corrected chi connectivity index (χ3v) is 6.29. The number of anilines is 1. The van der Waals surface area contributed by atoms with Crippen LogP contribution in [0.4, 0.5) is 5.82 Å². The second kappa shape index (κ2) is 9.95. The van der Waals surface area contributed by atoms with Crippen LogP contribution in [0.3, 0.4) is 0 Å². The van der Waals surface area contributed by atoms with Gasteiger partial charge in [0.15, 0.2) is 11.5 Å². The van der Waals surface area contributed by atoms with E-state index in [4.69, 9.17) is 24.4 Å². The maximum absolute atomic E-state index is 9.75. The van der Waals surface area contributed by atoms with Crippen molar-refractivity contribution >= 4 is 16.9 Å². The molecule has 8 nitrogen and oxygen atoms in total. The first-order valence-electron chi connectivity index (χ1n) is 11.6. The molecule has 2 aromatic carbocycles. The molecule has 4 aromatic rings. The highest BCUT2D eigenvalue weighted by atomic mass is 16.5. The highest BCUT2D eigenvalue weighted by Gasteiger charge is 2.24. The van der Waals surface area contributed by atoms with Crippen LogP contribution in [0.2, 0.25) is 0 Å². The van der Waals surface area contributed by atoms with Crippen molar-refractivity contribution in [3.63, 3.8) is 0 Å². The zero-order chi connectivity index (χ0) is 24.4. The average Bonchev–Trinajstić information content (AvgIpc) is 2.92. The van der Waals surface area contributed by atoms with E-state index in [0.29, 0.717) is 36.0 Å². The Hall–Kier alpha value is -3.59. The summed E-state index contributed by atoms with van der Waals surface area (Å²) in [5, 5.41) is 20.2. The van der Waals surface area contributed by atoms with Gasteiger partial charge in [0.2, 0.25) is 0 Å². The fourth-order valence-corrected chi connectivity index (χ4v) is 4.41. The number of aromatic nitrogens is 3. The Morgan fingerprint density at radius 3 is 2.66 bits per heavy atom. The van der Waals surface area contributed by atoms with Crippen molar-refractivity contribution < 1.29 is 19.7 Å². The summed E-state index contributed by atoms with van der Waals surface area (Å²) in [5.74, 6) is 2.01. The molecule has 0 bridgehead atoms. The number of hydrogen-bond acceptors (Lipinski definition) is 8. The van der Waals surface area contributed by atoms with E-state index in [1.807, 2.05) is 54.6 Å². The van der Waals surface area contributed by atoms with Crippen LogP contribution in [-0.4, -0.2) is 58.1 Å². The first-order valence-corrected chi connectivity index (χ1v) is 11.6. The van der Waals surface area contributed by atoms with Crippen LogP contribution in [0.15, 0.2) is 54.6 Å². The van der Waals surface area contributed by atoms with Gasteiger partial charge in [-0.3, -0.25) is 0 Å². The van der Waals surface area contributed by atoms with E-state index < -0.39 is 0 Å². The Morgan fingerprint density at radius 1 is 1.00 bits per heavy atom. The van der Waals surface area contributed by atoms with Crippen molar-refractivity contribution in [1.82, 2.24) is 15.0 Å². The summed E-state index contributed by atoms with van der Waals surface area (Å²) >= 11 is 0. The van der Waals surface area contributed by atoms with Crippen LogP contribution in [0.25, 0.3) is 33.7 Å². The first-order chi connectivity index (χ1) is 17.1. The molecule has 1 aliphatic rings. The quantitative estimate of drug-likeness (QED) is 0.439. The van der Waals surface area contributed by atoms with Crippen LogP contribution in [-0.2, 0) is 18.0 Å². The number of nitrogens with zero attached hydrogens (tertiary/aromatic N) is 4. The van der Waals surface area contributed by atoms with Crippen molar-refractivity contribution in [1.29, 1.82) is 0 Å². The summed E-state index contributed by atoms with van der Waals surface area (Å²) < 4.78 is 11.0. The van der Waals surface area contributed by atoms with E-state index in [1.54, 1.807) is 7.11 Å². The molecule has 0 unspecified atom stereocenters. The summed E-state index contributed by atoms with van der Waals surface area (Å²) in [5.41, 5.74) is 4.49. The topological polar surface area (TPSA) is 101 Å². The normalized spacial score (nSPS) is 16.0. The summed E-state index contributed by atoms with van der Waals surface area (Å²) in [6.07, 6.45) is 0. The number of rotatable bonds is 6. The number of aliphatic hydroxyl groups is 2. The van der Waals surface area contributed by atoms with Crippen molar-refractivity contribution in [2.75, 3.05) is 31.8 Å². The number of hydrogen-bond donors (Lipinski definition) is 2. The molecule has 3 heterocycles. The minimum atomic E-state index is -0.128. The van der Waals surface area contributed by atoms with Crippen LogP contribution in [0.1, 0.15) is 18.1 Å². The van der Waals surface area contributed by atoms with Crippen molar-refractivity contribution in [3.8, 4) is 28.4 Å². The summed E-state index contributed by atoms with van der Waals surface area (Å²) in [6, 6.07) is 17.3. The second-order valence-electron chi connectivity index (χ2n) is 8.60. The molecule has 0 saturated carbocycles. The molecule has 0 amide bonds. The molecular weight excluding hydrogens is 444 g/mol. The van der Waals surface area contributed by atoms with E-state index in [9.17, 15) is 10.2 Å². The number of methoxy groups -OCH3 is 1. The van der Waals surface area contributed by atoms with Gasteiger partial charge in [0, 0.05) is 23.2 Å². The fourth-order valence-electron chi connectivity index (χ4n) is 4.41. The summed E-state index contributed by atoms with van der Waals surface area (Å²) in [7, 11) is 1.58. The van der Waals surface area contributed by atoms with Crippen LogP contribution in [0.5, 0.6) is 5.75 Å². The molecule has 1 aliphatic heterocycles. The van der Waals surface area contributed by atoms with Gasteiger partial charge in [-0.2, -0.15) is 0 Å². The lowest BCUT2D eigenvalue weighted by Crippen LogP contribution is -2.44. The molecule has 8 heteroatoms. The van der Waals surface area contributed by atoms with Crippen LogP contribution < -0.4 is 9.64 Å². The van der Waals surface area contributed by atoms with Gasteiger partial charge in [-0.15, -0.1) is 0 Å². The van der Waals surface area contributed by atoms with Crippen molar-refractivity contribution in [2.24, 2.45) is 0 Å². The Kier molecular flexibility index (Phi) is 6.59. The minimum Gasteiger partial charge on any atom is -0.496 e. The molecule has 0 spiro atoms. The molecule has 1 atom stereocenters. The lowest BCUT2D eigenvalue weighted by molar-refractivity contribution is 0.0987. The Balaban J connectivity index is 1.68. The van der Waals surface area contributed by atoms with Gasteiger partial charge in [-0.05, 0) is 48.9 Å². The van der Waals surface area contributed by atoms with Gasteiger partial charge in [0.1, 0.15) is 11.6 Å². The number of aliphatic hydroxyl groups excluding tert-OH is 2. The van der Waals surface area contributed by atoms with Crippen LogP contribution in [0, 0.1) is 0 Å². The second-order valence-corrected chi connectivity index (χ2v) is 8.60. The Bertz CT molecular complexity index is 1360. The van der Waals surface area contributed by atoms with Gasteiger partial charge < -0.3 is 24.6 Å². The lowest BCUT2D eigenvalue weighted by Gasteiger charge is -2.35. The number of ether oxygens (including phenoxy) is 2. The van der Waals surface area contributed by atoms with Crippen LogP contribution >= 0.6 is 0 Å². The molecule has 180 valence electrons. The number of benzene rings is 2. The monoisotopic (exact) mass is 472 g/mol. The van der Waals surface area contributed by atoms with E-state index in [2.05, 4.69) is 11.8 Å². The van der Waals surface area contributed by atoms with Crippen molar-refractivity contribution in [3.05, 3.63) is 65.7 Å². The van der Waals surface area contributed by atoms with Gasteiger partial charge in [-0.25, -0.2) is 15.0 Å². The van der Waals surface area contributed by atoms with Gasteiger partial charge in [-0.1, -0.05) is 18.2 Å². The predicted molar refractivity (Wildman–Crippen MR) is 134 cm³/mol. The van der Waals surface area contributed by atoms with E-state index in [-0.39, 0.29) is 19.3 Å². The maximum Gasteiger partial charge on any atom is 0.165 e. The van der Waals surface area contributed by atoms with E-state index >= 15 is 0 Å². The number of fused-ring (bicyclic) bond motifs is 1. The number of pyridine rings is 1. The van der Waals surface area contributed by atoms with Gasteiger partial charge in [0.05, 0.1) is 50.7 Å². The molecule has 1 saturated heterocycles. The first kappa shape index (κ1) is 23.2. The number of morpholine rings is 1. The minimum absolute atomic E-state index is 0.0537. The van der Waals surface area contributed by atoms with Gasteiger partial charge >= 0.3 is 0 Å². The molecule has 0 aliphatic carbocycles. The molecule has 2 N–H and O–H groups in total. The highest BCUT2D eigenvalue weighted by molar-refractivity contribution is 5.90. The Morgan fingerprint density at radius 2 is 1.89 bits per heavy atom. The van der Waals surface area contributed by atoms with E-state index in [1.165, 1.54) is 0 Å². The van der Waals surface area contributed by atoms with E-state index in [0.717, 1.165) is 40.1 Å². The lowest BCUT2D eigenvalue weighted by atomic mass is 10.1. The molecular formula is C27H28N4O4. The standard InChI is InChI=1S/C27H28N4O4/c1-17-16-35-11-10-31(17)27-22-7-8-23(19-6-9-24(34-2)21(13-19)15-33)28-26(22)29-25(30-27)20-5-3-4-18(12-20)14-32/h3-9,12-13,17,32-33H,10-11,14-16H2,1-2H3/t17-/m0/s1. The van der Waals surface area contributed by atoms with Gasteiger partial charge in [0.25, 0.3) is 0 Å². The fraction of sp³-hybridized carbons (Fsp3) is 0.296. The smallest absolute Gasteiger partial charge is 0.165 e. The average molecular weight is 473 g/mol. The molecule has 1 fully saturated rings. The summed E-state index contributed by atoms with van der Waals surface area (Å²) in [4.78, 5) is 16.9. The molecule has 35 heavy (non-hydrogen) atoms. The largest absolute Gasteiger partial charge is 0.496 e. The highest BCUT2D eigenvalue weighted by Crippen LogP contribution is 2.32. The predicted octanol–water partition coefficient (Wildman–Crippen LogP) is 3.58. The summed E-state index contributed by atoms with van der Waals surface area (Å²) in [6.45, 7) is 3.92.